The van der Waals surface area contributed by atoms with E-state index in [1.807, 2.05) is 22.6 Å². The van der Waals surface area contributed by atoms with Gasteiger partial charge in [-0.05, 0) is 77.1 Å². The zero-order valence-electron chi connectivity index (χ0n) is 22.1. The van der Waals surface area contributed by atoms with Crippen molar-refractivity contribution >= 4 is 51.6 Å². The molecule has 222 valence electrons. The van der Waals surface area contributed by atoms with Gasteiger partial charge < -0.3 is 30.3 Å². The predicted molar refractivity (Wildman–Crippen MR) is 152 cm³/mol. The number of nitro groups is 1. The van der Waals surface area contributed by atoms with Gasteiger partial charge in [0.1, 0.15) is 24.2 Å². The molecule has 0 aliphatic carbocycles. The Balaban J connectivity index is 1.29. The van der Waals surface area contributed by atoms with Crippen LogP contribution in [0.25, 0.3) is 0 Å². The number of aryl methyl sites for hydroxylation is 1. The number of aliphatic hydroxyl groups is 1. The molecule has 5 rings (SSSR count). The summed E-state index contributed by atoms with van der Waals surface area (Å²) in [5.41, 5.74) is -2.36. The first-order valence-electron chi connectivity index (χ1n) is 13.1. The maximum Gasteiger partial charge on any atom is 0.342 e. The summed E-state index contributed by atoms with van der Waals surface area (Å²) in [6, 6.07) is 5.40. The lowest BCUT2D eigenvalue weighted by Crippen LogP contribution is -2.73. The zero-order valence-corrected chi connectivity index (χ0v) is 24.3. The molecule has 0 unspecified atom stereocenters. The molecule has 2 N–H and O–H groups in total. The number of β-amino-alcohol motifs (C(OH)–C–C–N with tert-alkyl or cyclic N) is 1. The number of nitrogens with one attached hydrogen (secondary N) is 1. The average molecular weight is 698 g/mol. The summed E-state index contributed by atoms with van der Waals surface area (Å²) < 4.78 is 45.3. The van der Waals surface area contributed by atoms with E-state index in [0.717, 1.165) is 24.8 Å². The van der Waals surface area contributed by atoms with Crippen LogP contribution >= 0.6 is 22.6 Å². The number of carbonyl (C=O) groups excluding carboxylic acids is 2. The highest BCUT2D eigenvalue weighted by molar-refractivity contribution is 14.1. The summed E-state index contributed by atoms with van der Waals surface area (Å²) in [6.45, 7) is 0.0896. The number of anilines is 2. The number of likely N-dealkylation sites (tertiary alicyclic amines) is 2. The number of imidazole rings is 1. The lowest BCUT2D eigenvalue weighted by atomic mass is 9.80. The minimum Gasteiger partial charge on any atom is -0.384 e. The van der Waals surface area contributed by atoms with Crippen molar-refractivity contribution in [1.29, 1.82) is 0 Å². The van der Waals surface area contributed by atoms with Crippen molar-refractivity contribution in [1.82, 2.24) is 19.4 Å². The van der Waals surface area contributed by atoms with Crippen LogP contribution in [-0.4, -0.2) is 72.5 Å². The van der Waals surface area contributed by atoms with Crippen molar-refractivity contribution in [2.24, 2.45) is 0 Å². The van der Waals surface area contributed by atoms with Crippen LogP contribution in [0.15, 0.2) is 42.9 Å². The molecule has 0 bridgehead atoms. The minimum absolute atomic E-state index is 0.0362. The van der Waals surface area contributed by atoms with E-state index in [1.54, 1.807) is 11.0 Å². The van der Waals surface area contributed by atoms with E-state index in [4.69, 9.17) is 0 Å². The van der Waals surface area contributed by atoms with Gasteiger partial charge in [0, 0.05) is 10.1 Å². The molecule has 42 heavy (non-hydrogen) atoms. The molecule has 1 atom stereocenters. The first kappa shape index (κ1) is 29.8. The van der Waals surface area contributed by atoms with E-state index >= 15 is 0 Å². The topological polar surface area (TPSA) is 134 Å². The maximum atomic E-state index is 14.9. The minimum atomic E-state index is -1.44. The Morgan fingerprint density at radius 2 is 1.93 bits per heavy atom. The Bertz CT molecular complexity index is 1550. The molecule has 2 aliphatic heterocycles. The van der Waals surface area contributed by atoms with Gasteiger partial charge in [-0.1, -0.05) is 0 Å². The number of piperidine rings is 1. The number of hydrogen-bond donors (Lipinski definition) is 2. The molecule has 3 heterocycles. The molecule has 3 aromatic rings. The van der Waals surface area contributed by atoms with Crippen molar-refractivity contribution in [3.8, 4) is 0 Å². The van der Waals surface area contributed by atoms with Crippen LogP contribution in [0.5, 0.6) is 0 Å². The molecule has 11 nitrogen and oxygen atoms in total. The number of nitrogens with zero attached hydrogens (tertiary/aromatic N) is 5. The standard InChI is InChI=1S/C27H26F3IN6O5/c28-18-6-5-17(25(24(18)30)33-20-7-4-16(31)11-19(20)29)26(39)35-13-27(40,14-35)21-3-1-2-9-36(21)23(38)8-10-34-15-32-12-22(34)37(41)42/h4-7,11-12,15,21,33,40H,1-3,8-10,13-14H2/t21-/m0/s1. The third kappa shape index (κ3) is 5.79. The molecule has 2 aliphatic rings. The van der Waals surface area contributed by atoms with Gasteiger partial charge in [-0.15, -0.1) is 0 Å². The molecule has 2 aromatic carbocycles. The van der Waals surface area contributed by atoms with Gasteiger partial charge in [0.2, 0.25) is 5.91 Å². The van der Waals surface area contributed by atoms with Crippen LogP contribution in [0.4, 0.5) is 30.4 Å². The summed E-state index contributed by atoms with van der Waals surface area (Å²) in [4.78, 5) is 43.7. The van der Waals surface area contributed by atoms with Gasteiger partial charge in [0.25, 0.3) is 5.91 Å². The van der Waals surface area contributed by atoms with Gasteiger partial charge in [0.05, 0.1) is 42.5 Å². The number of halogens is 4. The Morgan fingerprint density at radius 1 is 1.17 bits per heavy atom. The normalized spacial score (nSPS) is 18.0. The van der Waals surface area contributed by atoms with E-state index in [2.05, 4.69) is 10.3 Å². The van der Waals surface area contributed by atoms with Crippen LogP contribution in [0.2, 0.25) is 0 Å². The van der Waals surface area contributed by atoms with Crippen molar-refractivity contribution < 1.29 is 32.8 Å². The lowest BCUT2D eigenvalue weighted by Gasteiger charge is -2.54. The number of hydrogen-bond acceptors (Lipinski definition) is 7. The van der Waals surface area contributed by atoms with Gasteiger partial charge in [-0.2, -0.15) is 0 Å². The fourth-order valence-electron chi connectivity index (χ4n) is 5.50. The zero-order chi connectivity index (χ0) is 30.2. The Hall–Kier alpha value is -3.73. The van der Waals surface area contributed by atoms with Gasteiger partial charge in [-0.25, -0.2) is 22.7 Å². The number of amides is 2. The number of benzene rings is 2. The molecule has 2 fully saturated rings. The maximum absolute atomic E-state index is 14.9. The highest BCUT2D eigenvalue weighted by Crippen LogP contribution is 2.37. The number of aromatic nitrogens is 2. The fourth-order valence-corrected chi connectivity index (χ4v) is 5.96. The Labute approximate surface area is 251 Å². The first-order chi connectivity index (χ1) is 20.0. The van der Waals surface area contributed by atoms with Crippen molar-refractivity contribution in [3.05, 3.63) is 79.6 Å². The molecule has 0 saturated carbocycles. The second-order valence-corrected chi connectivity index (χ2v) is 11.6. The van der Waals surface area contributed by atoms with Crippen LogP contribution in [-0.2, 0) is 11.3 Å². The third-order valence-electron chi connectivity index (χ3n) is 7.62. The number of rotatable bonds is 8. The molecular weight excluding hydrogens is 672 g/mol. The largest absolute Gasteiger partial charge is 0.384 e. The smallest absolute Gasteiger partial charge is 0.342 e. The van der Waals surface area contributed by atoms with Crippen molar-refractivity contribution in [2.45, 2.75) is 43.9 Å². The van der Waals surface area contributed by atoms with Crippen molar-refractivity contribution in [3.63, 3.8) is 0 Å². The fraction of sp³-hybridized carbons (Fsp3) is 0.370. The summed E-state index contributed by atoms with van der Waals surface area (Å²) in [6.07, 6.45) is 4.27. The molecule has 1 aromatic heterocycles. The van der Waals surface area contributed by atoms with Crippen LogP contribution < -0.4 is 5.32 Å². The average Bonchev–Trinajstić information content (AvgIpc) is 3.43. The van der Waals surface area contributed by atoms with Crippen LogP contribution in [0, 0.1) is 31.1 Å². The third-order valence-corrected chi connectivity index (χ3v) is 8.29. The summed E-state index contributed by atoms with van der Waals surface area (Å²) >= 11 is 1.90. The highest BCUT2D eigenvalue weighted by Gasteiger charge is 2.53. The van der Waals surface area contributed by atoms with E-state index in [-0.39, 0.29) is 49.0 Å². The quantitative estimate of drug-likeness (QED) is 0.205. The van der Waals surface area contributed by atoms with E-state index in [0.29, 0.717) is 23.0 Å². The molecule has 15 heteroatoms. The molecule has 2 saturated heterocycles. The van der Waals surface area contributed by atoms with E-state index in [9.17, 15) is 38.0 Å². The second kappa shape index (κ2) is 11.9. The second-order valence-electron chi connectivity index (χ2n) is 10.3. The molecule has 0 spiro atoms. The Morgan fingerprint density at radius 3 is 2.64 bits per heavy atom. The van der Waals surface area contributed by atoms with Gasteiger partial charge >= 0.3 is 5.82 Å². The highest BCUT2D eigenvalue weighted by atomic mass is 127. The lowest BCUT2D eigenvalue weighted by molar-refractivity contribution is -0.392. The summed E-state index contributed by atoms with van der Waals surface area (Å²) in [5.74, 6) is -4.53. The SMILES string of the molecule is O=C(c1ccc(F)c(F)c1Nc1ccc(I)cc1F)N1CC(O)([C@@H]2CCCCN2C(=O)CCn2cncc2[N+](=O)[O-])C1. The molecule has 2 amide bonds. The van der Waals surface area contributed by atoms with Gasteiger partial charge in [0.15, 0.2) is 18.0 Å². The summed E-state index contributed by atoms with van der Waals surface area (Å²) in [5, 5.41) is 25.1. The van der Waals surface area contributed by atoms with Gasteiger partial charge in [-0.3, -0.25) is 9.59 Å². The van der Waals surface area contributed by atoms with Crippen LogP contribution in [0.1, 0.15) is 36.0 Å². The first-order valence-corrected chi connectivity index (χ1v) is 14.2. The monoisotopic (exact) mass is 698 g/mol. The predicted octanol–water partition coefficient (Wildman–Crippen LogP) is 4.22. The number of carbonyl (C=O) groups is 2. The molecule has 0 radical (unpaired) electrons. The Kier molecular flexibility index (Phi) is 8.41. The molecular formula is C27H26F3IN6O5. The summed E-state index contributed by atoms with van der Waals surface area (Å²) in [7, 11) is 0. The van der Waals surface area contributed by atoms with Crippen LogP contribution in [0.3, 0.4) is 0 Å². The van der Waals surface area contributed by atoms with E-state index in [1.165, 1.54) is 27.9 Å². The van der Waals surface area contributed by atoms with E-state index < -0.39 is 45.6 Å². The van der Waals surface area contributed by atoms with Crippen molar-refractivity contribution in [2.75, 3.05) is 25.0 Å².